The van der Waals surface area contributed by atoms with Gasteiger partial charge in [0.2, 0.25) is 11.8 Å². The van der Waals surface area contributed by atoms with Crippen LogP contribution in [0.5, 0.6) is 0 Å². The standard InChI is InChI=1S/C14H24N2O2/c1-5-8-16-12(17)11(9(2)3)15-13(18)14(16,4)10-6-7-10/h9-11H,5-8H2,1-4H3,(H,15,18). The summed E-state index contributed by atoms with van der Waals surface area (Å²) in [6, 6.07) is -0.351. The molecule has 4 heteroatoms. The van der Waals surface area contributed by atoms with Crippen molar-refractivity contribution in [2.45, 2.75) is 58.5 Å². The number of nitrogens with zero attached hydrogens (tertiary/aromatic N) is 1. The summed E-state index contributed by atoms with van der Waals surface area (Å²) in [7, 11) is 0. The maximum absolute atomic E-state index is 12.6. The number of carbonyl (C=O) groups excluding carboxylic acids is 2. The lowest BCUT2D eigenvalue weighted by atomic mass is 9.85. The molecule has 0 spiro atoms. The summed E-state index contributed by atoms with van der Waals surface area (Å²) in [4.78, 5) is 26.8. The van der Waals surface area contributed by atoms with E-state index < -0.39 is 5.54 Å². The molecule has 0 radical (unpaired) electrons. The van der Waals surface area contributed by atoms with E-state index in [1.807, 2.05) is 25.7 Å². The summed E-state index contributed by atoms with van der Waals surface area (Å²) in [5, 5.41) is 2.94. The lowest BCUT2D eigenvalue weighted by Gasteiger charge is -2.47. The normalized spacial score (nSPS) is 32.9. The van der Waals surface area contributed by atoms with Gasteiger partial charge < -0.3 is 10.2 Å². The van der Waals surface area contributed by atoms with Crippen LogP contribution < -0.4 is 5.32 Å². The Bertz CT molecular complexity index is 363. The van der Waals surface area contributed by atoms with Crippen molar-refractivity contribution in [2.24, 2.45) is 11.8 Å². The summed E-state index contributed by atoms with van der Waals surface area (Å²) in [5.41, 5.74) is -0.613. The van der Waals surface area contributed by atoms with Gasteiger partial charge in [0.1, 0.15) is 11.6 Å². The van der Waals surface area contributed by atoms with Gasteiger partial charge in [-0.1, -0.05) is 20.8 Å². The zero-order chi connectivity index (χ0) is 13.5. The molecule has 102 valence electrons. The minimum Gasteiger partial charge on any atom is -0.342 e. The highest BCUT2D eigenvalue weighted by atomic mass is 16.2. The molecule has 1 saturated heterocycles. The van der Waals surface area contributed by atoms with Gasteiger partial charge in [0, 0.05) is 6.54 Å². The van der Waals surface area contributed by atoms with E-state index >= 15 is 0 Å². The Hall–Kier alpha value is -1.06. The third kappa shape index (κ3) is 1.91. The number of carbonyl (C=O) groups is 2. The summed E-state index contributed by atoms with van der Waals surface area (Å²) < 4.78 is 0. The van der Waals surface area contributed by atoms with E-state index in [0.717, 1.165) is 19.3 Å². The Morgan fingerprint density at radius 3 is 2.44 bits per heavy atom. The lowest BCUT2D eigenvalue weighted by Crippen LogP contribution is -2.71. The van der Waals surface area contributed by atoms with Gasteiger partial charge in [-0.05, 0) is 38.0 Å². The van der Waals surface area contributed by atoms with Gasteiger partial charge in [-0.2, -0.15) is 0 Å². The van der Waals surface area contributed by atoms with Gasteiger partial charge in [0.15, 0.2) is 0 Å². The number of hydrogen-bond acceptors (Lipinski definition) is 2. The highest BCUT2D eigenvalue weighted by molar-refractivity contribution is 6.00. The van der Waals surface area contributed by atoms with Crippen molar-refractivity contribution < 1.29 is 9.59 Å². The highest BCUT2D eigenvalue weighted by Crippen LogP contribution is 2.45. The van der Waals surface area contributed by atoms with Gasteiger partial charge >= 0.3 is 0 Å². The van der Waals surface area contributed by atoms with Crippen molar-refractivity contribution in [1.82, 2.24) is 10.2 Å². The molecule has 18 heavy (non-hydrogen) atoms. The molecule has 0 aromatic carbocycles. The van der Waals surface area contributed by atoms with Crippen molar-refractivity contribution >= 4 is 11.8 Å². The molecule has 2 amide bonds. The molecule has 1 aliphatic heterocycles. The topological polar surface area (TPSA) is 49.4 Å². The first-order valence-electron chi connectivity index (χ1n) is 7.05. The molecule has 2 aliphatic rings. The van der Waals surface area contributed by atoms with Crippen LogP contribution in [0.4, 0.5) is 0 Å². The van der Waals surface area contributed by atoms with Crippen molar-refractivity contribution in [3.8, 4) is 0 Å². The minimum absolute atomic E-state index is 0.0387. The van der Waals surface area contributed by atoms with E-state index in [1.54, 1.807) is 0 Å². The van der Waals surface area contributed by atoms with Gasteiger partial charge in [-0.15, -0.1) is 0 Å². The maximum Gasteiger partial charge on any atom is 0.246 e. The zero-order valence-electron chi connectivity index (χ0n) is 11.8. The summed E-state index contributed by atoms with van der Waals surface area (Å²) in [5.74, 6) is 0.628. The van der Waals surface area contributed by atoms with E-state index in [1.165, 1.54) is 0 Å². The van der Waals surface area contributed by atoms with E-state index in [2.05, 4.69) is 12.2 Å². The molecule has 2 fully saturated rings. The zero-order valence-corrected chi connectivity index (χ0v) is 11.8. The fourth-order valence-electron chi connectivity index (χ4n) is 2.94. The van der Waals surface area contributed by atoms with E-state index in [4.69, 9.17) is 0 Å². The molecule has 1 aliphatic carbocycles. The van der Waals surface area contributed by atoms with Crippen LogP contribution in [0.15, 0.2) is 0 Å². The summed E-state index contributed by atoms with van der Waals surface area (Å²) in [6.45, 7) is 8.63. The lowest BCUT2D eigenvalue weighted by molar-refractivity contribution is -0.159. The Morgan fingerprint density at radius 2 is 2.00 bits per heavy atom. The number of rotatable bonds is 4. The molecular weight excluding hydrogens is 228 g/mol. The van der Waals surface area contributed by atoms with Gasteiger partial charge in [-0.25, -0.2) is 0 Å². The molecule has 0 aromatic heterocycles. The molecule has 2 atom stereocenters. The first kappa shape index (κ1) is 13.4. The van der Waals surface area contributed by atoms with Gasteiger partial charge in [-0.3, -0.25) is 9.59 Å². The van der Waals surface area contributed by atoms with Crippen LogP contribution in [-0.2, 0) is 9.59 Å². The third-order valence-corrected chi connectivity index (χ3v) is 4.33. The molecule has 2 rings (SSSR count). The predicted octanol–water partition coefficient (Wildman–Crippen LogP) is 1.55. The highest BCUT2D eigenvalue weighted by Gasteiger charge is 2.56. The van der Waals surface area contributed by atoms with Crippen molar-refractivity contribution in [2.75, 3.05) is 6.54 Å². The number of hydrogen-bond donors (Lipinski definition) is 1. The molecule has 1 N–H and O–H groups in total. The predicted molar refractivity (Wildman–Crippen MR) is 69.9 cm³/mol. The van der Waals surface area contributed by atoms with Gasteiger partial charge in [0.05, 0.1) is 0 Å². The number of piperazine rings is 1. The Labute approximate surface area is 109 Å². The van der Waals surface area contributed by atoms with Crippen LogP contribution in [0.25, 0.3) is 0 Å². The molecule has 0 aromatic rings. The third-order valence-electron chi connectivity index (χ3n) is 4.33. The van der Waals surface area contributed by atoms with Crippen LogP contribution >= 0.6 is 0 Å². The second-order valence-electron chi connectivity index (χ2n) is 6.11. The second-order valence-corrected chi connectivity index (χ2v) is 6.11. The minimum atomic E-state index is -0.613. The fraction of sp³-hybridized carbons (Fsp3) is 0.857. The Kier molecular flexibility index (Phi) is 3.39. The molecule has 1 heterocycles. The van der Waals surface area contributed by atoms with Crippen LogP contribution in [0.1, 0.15) is 47.0 Å². The van der Waals surface area contributed by atoms with Gasteiger partial charge in [0.25, 0.3) is 0 Å². The molecular formula is C14H24N2O2. The SMILES string of the molecule is CCCN1C(=O)C(C(C)C)NC(=O)C1(C)C1CC1. The number of amides is 2. The monoisotopic (exact) mass is 252 g/mol. The molecule has 0 bridgehead atoms. The van der Waals surface area contributed by atoms with Crippen molar-refractivity contribution in [1.29, 1.82) is 0 Å². The van der Waals surface area contributed by atoms with E-state index in [0.29, 0.717) is 12.5 Å². The van der Waals surface area contributed by atoms with Crippen LogP contribution in [0.3, 0.4) is 0 Å². The Morgan fingerprint density at radius 1 is 1.39 bits per heavy atom. The van der Waals surface area contributed by atoms with Crippen LogP contribution in [0.2, 0.25) is 0 Å². The average molecular weight is 252 g/mol. The first-order chi connectivity index (χ1) is 8.42. The van der Waals surface area contributed by atoms with Crippen LogP contribution in [0, 0.1) is 11.8 Å². The summed E-state index contributed by atoms with van der Waals surface area (Å²) >= 11 is 0. The largest absolute Gasteiger partial charge is 0.342 e. The van der Waals surface area contributed by atoms with E-state index in [9.17, 15) is 9.59 Å². The average Bonchev–Trinajstić information content (AvgIpc) is 3.13. The van der Waals surface area contributed by atoms with Crippen molar-refractivity contribution in [3.05, 3.63) is 0 Å². The molecule has 1 saturated carbocycles. The molecule has 4 nitrogen and oxygen atoms in total. The molecule has 2 unspecified atom stereocenters. The quantitative estimate of drug-likeness (QED) is 0.825. The van der Waals surface area contributed by atoms with Crippen LogP contribution in [-0.4, -0.2) is 34.8 Å². The fourth-order valence-corrected chi connectivity index (χ4v) is 2.94. The maximum atomic E-state index is 12.6. The smallest absolute Gasteiger partial charge is 0.246 e. The number of nitrogens with one attached hydrogen (secondary N) is 1. The van der Waals surface area contributed by atoms with Crippen molar-refractivity contribution in [3.63, 3.8) is 0 Å². The second kappa shape index (κ2) is 4.56. The Balaban J connectivity index is 2.31. The first-order valence-corrected chi connectivity index (χ1v) is 7.05. The summed E-state index contributed by atoms with van der Waals surface area (Å²) in [6.07, 6.45) is 3.01. The van der Waals surface area contributed by atoms with E-state index in [-0.39, 0.29) is 23.8 Å².